The molecule has 0 unspecified atom stereocenters. The first-order valence-corrected chi connectivity index (χ1v) is 12.0. The van der Waals surface area contributed by atoms with Crippen molar-refractivity contribution in [1.29, 1.82) is 0 Å². The molecule has 1 saturated heterocycles. The van der Waals surface area contributed by atoms with Crippen LogP contribution in [0.5, 0.6) is 0 Å². The highest BCUT2D eigenvalue weighted by atomic mass is 32.1. The molecule has 1 saturated carbocycles. The molecule has 1 heterocycles. The van der Waals surface area contributed by atoms with E-state index in [2.05, 4.69) is 35.2 Å². The lowest BCUT2D eigenvalue weighted by atomic mass is 9.86. The normalized spacial score (nSPS) is 18.8. The fourth-order valence-electron chi connectivity index (χ4n) is 4.64. The quantitative estimate of drug-likeness (QED) is 0.522. The largest absolute Gasteiger partial charge is 0.444 e. The second-order valence-corrected chi connectivity index (χ2v) is 10.4. The van der Waals surface area contributed by atoms with E-state index < -0.39 is 5.60 Å². The van der Waals surface area contributed by atoms with Gasteiger partial charge in [0.2, 0.25) is 0 Å². The summed E-state index contributed by atoms with van der Waals surface area (Å²) in [4.78, 5) is 17.9. The highest BCUT2D eigenvalue weighted by Gasteiger charge is 2.31. The molecule has 0 atom stereocenters. The zero-order chi connectivity index (χ0) is 21.6. The molecule has 4 nitrogen and oxygen atoms in total. The van der Waals surface area contributed by atoms with Crippen LogP contribution in [-0.2, 0) is 11.3 Å². The van der Waals surface area contributed by atoms with E-state index >= 15 is 0 Å². The molecule has 0 bridgehead atoms. The Balaban J connectivity index is 1.63. The van der Waals surface area contributed by atoms with E-state index in [9.17, 15) is 4.79 Å². The van der Waals surface area contributed by atoms with Gasteiger partial charge in [-0.05, 0) is 45.1 Å². The summed E-state index contributed by atoms with van der Waals surface area (Å²) in [7, 11) is 0. The standard InChI is InChI=1S/C25H38N2O2S/c1-25(2,3)29-24(28)26-16-14-22(15-17-26)27(19-21-12-8-5-9-13-21)23(30)18-20-10-6-4-7-11-20/h5,8-9,12-13,20,22H,4,6-7,10-11,14-19H2,1-3H3. The molecule has 2 fully saturated rings. The molecular formula is C25H38N2O2S. The van der Waals surface area contributed by atoms with E-state index in [0.717, 1.165) is 49.8 Å². The number of piperidine rings is 1. The number of benzene rings is 1. The molecule has 30 heavy (non-hydrogen) atoms. The predicted octanol–water partition coefficient (Wildman–Crippen LogP) is 6.19. The molecule has 1 aromatic carbocycles. The van der Waals surface area contributed by atoms with Crippen LogP contribution >= 0.6 is 12.2 Å². The third-order valence-corrected chi connectivity index (χ3v) is 6.66. The number of likely N-dealkylation sites (tertiary alicyclic amines) is 1. The molecular weight excluding hydrogens is 392 g/mol. The van der Waals surface area contributed by atoms with Crippen molar-refractivity contribution >= 4 is 23.3 Å². The summed E-state index contributed by atoms with van der Waals surface area (Å²) >= 11 is 6.01. The molecule has 166 valence electrons. The van der Waals surface area contributed by atoms with E-state index in [1.807, 2.05) is 25.7 Å². The van der Waals surface area contributed by atoms with Crippen LogP contribution < -0.4 is 0 Å². The van der Waals surface area contributed by atoms with Gasteiger partial charge in [-0.1, -0.05) is 74.7 Å². The SMILES string of the molecule is CC(C)(C)OC(=O)N1CCC(N(Cc2ccccc2)C(=S)CC2CCCCC2)CC1. The Labute approximate surface area is 188 Å². The van der Waals surface area contributed by atoms with Crippen LogP contribution in [0.2, 0.25) is 0 Å². The van der Waals surface area contributed by atoms with Gasteiger partial charge in [0.15, 0.2) is 0 Å². The fraction of sp³-hybridized carbons (Fsp3) is 0.680. The van der Waals surface area contributed by atoms with Gasteiger partial charge in [-0.2, -0.15) is 0 Å². The van der Waals surface area contributed by atoms with Crippen molar-refractivity contribution in [2.45, 2.75) is 90.3 Å². The third kappa shape index (κ3) is 6.97. The minimum atomic E-state index is -0.450. The van der Waals surface area contributed by atoms with E-state index in [1.165, 1.54) is 37.7 Å². The van der Waals surface area contributed by atoms with Crippen LogP contribution in [0, 0.1) is 5.92 Å². The minimum absolute atomic E-state index is 0.194. The van der Waals surface area contributed by atoms with Gasteiger partial charge in [-0.15, -0.1) is 0 Å². The second-order valence-electron chi connectivity index (χ2n) is 9.91. The summed E-state index contributed by atoms with van der Waals surface area (Å²) in [5.74, 6) is 0.742. The number of thiocarbonyl (C=S) groups is 1. The minimum Gasteiger partial charge on any atom is -0.444 e. The highest BCUT2D eigenvalue weighted by Crippen LogP contribution is 2.29. The lowest BCUT2D eigenvalue weighted by molar-refractivity contribution is 0.0171. The van der Waals surface area contributed by atoms with Crippen molar-refractivity contribution < 1.29 is 9.53 Å². The highest BCUT2D eigenvalue weighted by molar-refractivity contribution is 7.80. The molecule has 1 aliphatic heterocycles. The summed E-state index contributed by atoms with van der Waals surface area (Å²) in [5.41, 5.74) is 0.854. The van der Waals surface area contributed by atoms with Crippen molar-refractivity contribution in [3.63, 3.8) is 0 Å². The Hall–Kier alpha value is -1.62. The maximum Gasteiger partial charge on any atom is 0.410 e. The van der Waals surface area contributed by atoms with Gasteiger partial charge < -0.3 is 14.5 Å². The van der Waals surface area contributed by atoms with Gasteiger partial charge in [0.05, 0.1) is 4.99 Å². The molecule has 0 radical (unpaired) electrons. The monoisotopic (exact) mass is 430 g/mol. The average molecular weight is 431 g/mol. The van der Waals surface area contributed by atoms with Gasteiger partial charge >= 0.3 is 6.09 Å². The Morgan fingerprint density at radius 1 is 1.07 bits per heavy atom. The van der Waals surface area contributed by atoms with Crippen molar-refractivity contribution in [2.75, 3.05) is 13.1 Å². The number of carbonyl (C=O) groups is 1. The smallest absolute Gasteiger partial charge is 0.410 e. The van der Waals surface area contributed by atoms with E-state index in [-0.39, 0.29) is 6.09 Å². The summed E-state index contributed by atoms with van der Waals surface area (Å²) in [6.07, 6.45) is 9.43. The molecule has 0 N–H and O–H groups in total. The third-order valence-electron chi connectivity index (χ3n) is 6.26. The van der Waals surface area contributed by atoms with Crippen LogP contribution in [0.25, 0.3) is 0 Å². The molecule has 0 aromatic heterocycles. The number of ether oxygens (including phenoxy) is 1. The lowest BCUT2D eigenvalue weighted by Gasteiger charge is -2.41. The van der Waals surface area contributed by atoms with E-state index in [0.29, 0.717) is 6.04 Å². The first-order valence-electron chi connectivity index (χ1n) is 11.6. The molecule has 2 aliphatic rings. The number of rotatable bonds is 5. The van der Waals surface area contributed by atoms with Crippen LogP contribution in [0.3, 0.4) is 0 Å². The predicted molar refractivity (Wildman–Crippen MR) is 127 cm³/mol. The zero-order valence-electron chi connectivity index (χ0n) is 18.9. The first-order chi connectivity index (χ1) is 14.3. The van der Waals surface area contributed by atoms with E-state index in [4.69, 9.17) is 17.0 Å². The Kier molecular flexibility index (Phi) is 8.15. The number of hydrogen-bond acceptors (Lipinski definition) is 3. The van der Waals surface area contributed by atoms with Crippen LogP contribution in [0.4, 0.5) is 4.79 Å². The van der Waals surface area contributed by atoms with Crippen molar-refractivity contribution in [3.8, 4) is 0 Å². The molecule has 3 rings (SSSR count). The Bertz CT molecular complexity index is 687. The Morgan fingerprint density at radius 3 is 2.30 bits per heavy atom. The lowest BCUT2D eigenvalue weighted by Crippen LogP contribution is -2.49. The van der Waals surface area contributed by atoms with Crippen molar-refractivity contribution in [1.82, 2.24) is 9.80 Å². The summed E-state index contributed by atoms with van der Waals surface area (Å²) in [6.45, 7) is 8.09. The topological polar surface area (TPSA) is 32.8 Å². The van der Waals surface area contributed by atoms with Crippen molar-refractivity contribution in [3.05, 3.63) is 35.9 Å². The van der Waals surface area contributed by atoms with Crippen molar-refractivity contribution in [2.24, 2.45) is 5.92 Å². The van der Waals surface area contributed by atoms with Gasteiger partial charge in [-0.25, -0.2) is 4.79 Å². The van der Waals surface area contributed by atoms with Crippen LogP contribution in [0.15, 0.2) is 30.3 Å². The number of amides is 1. The fourth-order valence-corrected chi connectivity index (χ4v) is 5.09. The molecule has 5 heteroatoms. The second kappa shape index (κ2) is 10.6. The first kappa shape index (κ1) is 23.1. The summed E-state index contributed by atoms with van der Waals surface area (Å²) < 4.78 is 5.56. The maximum absolute atomic E-state index is 12.4. The molecule has 1 aliphatic carbocycles. The van der Waals surface area contributed by atoms with Crippen LogP contribution in [0.1, 0.15) is 77.7 Å². The summed E-state index contributed by atoms with van der Waals surface area (Å²) in [6, 6.07) is 11.0. The van der Waals surface area contributed by atoms with Gasteiger partial charge in [0.1, 0.15) is 5.60 Å². The molecule has 1 amide bonds. The number of nitrogens with zero attached hydrogens (tertiary/aromatic N) is 2. The maximum atomic E-state index is 12.4. The number of hydrogen-bond donors (Lipinski definition) is 0. The molecule has 1 aromatic rings. The van der Waals surface area contributed by atoms with Gasteiger partial charge in [-0.3, -0.25) is 0 Å². The average Bonchev–Trinajstić information content (AvgIpc) is 2.72. The van der Waals surface area contributed by atoms with Gasteiger partial charge in [0.25, 0.3) is 0 Å². The number of carbonyl (C=O) groups excluding carboxylic acids is 1. The molecule has 0 spiro atoms. The Morgan fingerprint density at radius 2 is 1.70 bits per heavy atom. The van der Waals surface area contributed by atoms with E-state index in [1.54, 1.807) is 0 Å². The zero-order valence-corrected chi connectivity index (χ0v) is 19.8. The van der Waals surface area contributed by atoms with Gasteiger partial charge in [0, 0.05) is 32.1 Å². The van der Waals surface area contributed by atoms with Crippen LogP contribution in [-0.4, -0.2) is 45.6 Å². The summed E-state index contributed by atoms with van der Waals surface area (Å²) in [5, 5.41) is 0.